The monoisotopic (exact) mass is 523 g/mol. The Kier molecular flexibility index (Phi) is 6.34. The lowest BCUT2D eigenvalue weighted by molar-refractivity contribution is -0.139. The third-order valence-electron chi connectivity index (χ3n) is 5.54. The maximum atomic E-state index is 13.3. The Hall–Kier alpha value is -4.31. The van der Waals surface area contributed by atoms with Gasteiger partial charge in [-0.3, -0.25) is 4.72 Å². The van der Waals surface area contributed by atoms with E-state index in [9.17, 15) is 21.6 Å². The van der Waals surface area contributed by atoms with E-state index in [0.29, 0.717) is 29.0 Å². The molecule has 0 saturated heterocycles. The standard InChI is InChI=1S/C27H20F3N3O3S/c28-27(29,30)22-8-4-5-9-25(22)37(34,35)33-19-12-15-23-24(17-19)32-26(31-23)16-18-10-13-21(14-11-18)36-20-6-2-1-3-7-20/h1-15,17,33H,16H2,(H,31,32). The van der Waals surface area contributed by atoms with Crippen molar-refractivity contribution in [2.24, 2.45) is 0 Å². The fourth-order valence-corrected chi connectivity index (χ4v) is 5.13. The van der Waals surface area contributed by atoms with Gasteiger partial charge < -0.3 is 9.72 Å². The number of imidazole rings is 1. The van der Waals surface area contributed by atoms with Crippen molar-refractivity contribution in [3.63, 3.8) is 0 Å². The van der Waals surface area contributed by atoms with E-state index in [1.54, 1.807) is 6.07 Å². The van der Waals surface area contributed by atoms with Crippen LogP contribution in [0, 0.1) is 0 Å². The number of para-hydroxylation sites is 1. The van der Waals surface area contributed by atoms with Gasteiger partial charge in [0.15, 0.2) is 0 Å². The number of hydrogen-bond donors (Lipinski definition) is 2. The molecule has 0 aliphatic rings. The molecule has 6 nitrogen and oxygen atoms in total. The minimum absolute atomic E-state index is 0.113. The van der Waals surface area contributed by atoms with Crippen LogP contribution in [0.2, 0.25) is 0 Å². The summed E-state index contributed by atoms with van der Waals surface area (Å²) in [5.41, 5.74) is 1.000. The number of benzene rings is 4. The maximum absolute atomic E-state index is 13.3. The van der Waals surface area contributed by atoms with E-state index in [-0.39, 0.29) is 5.69 Å². The van der Waals surface area contributed by atoms with E-state index in [2.05, 4.69) is 14.7 Å². The zero-order valence-electron chi connectivity index (χ0n) is 19.2. The van der Waals surface area contributed by atoms with Crippen molar-refractivity contribution < 1.29 is 26.3 Å². The molecular weight excluding hydrogens is 503 g/mol. The second-order valence-electron chi connectivity index (χ2n) is 8.25. The number of hydrogen-bond acceptors (Lipinski definition) is 4. The molecule has 188 valence electrons. The number of aromatic amines is 1. The molecule has 0 radical (unpaired) electrons. The summed E-state index contributed by atoms with van der Waals surface area (Å²) in [6, 6.07) is 25.6. The highest BCUT2D eigenvalue weighted by Crippen LogP contribution is 2.34. The van der Waals surface area contributed by atoms with Gasteiger partial charge in [0.2, 0.25) is 0 Å². The number of nitrogens with one attached hydrogen (secondary N) is 2. The largest absolute Gasteiger partial charge is 0.457 e. The highest BCUT2D eigenvalue weighted by Gasteiger charge is 2.36. The van der Waals surface area contributed by atoms with Crippen molar-refractivity contribution in [2.45, 2.75) is 17.5 Å². The fraction of sp³-hybridized carbons (Fsp3) is 0.0741. The topological polar surface area (TPSA) is 84.1 Å². The molecule has 5 rings (SSSR count). The zero-order valence-corrected chi connectivity index (χ0v) is 20.0. The molecule has 0 saturated carbocycles. The normalized spacial score (nSPS) is 12.0. The molecule has 0 aliphatic heterocycles. The van der Waals surface area contributed by atoms with Gasteiger partial charge in [-0.25, -0.2) is 13.4 Å². The summed E-state index contributed by atoms with van der Waals surface area (Å²) < 4.78 is 73.5. The smallest absolute Gasteiger partial charge is 0.417 e. The second-order valence-corrected chi connectivity index (χ2v) is 9.90. The van der Waals surface area contributed by atoms with Crippen LogP contribution in [0.15, 0.2) is 102 Å². The number of alkyl halides is 3. The van der Waals surface area contributed by atoms with Gasteiger partial charge in [0.1, 0.15) is 17.3 Å². The molecule has 0 bridgehead atoms. The van der Waals surface area contributed by atoms with Crippen molar-refractivity contribution >= 4 is 26.7 Å². The van der Waals surface area contributed by atoms with E-state index in [1.165, 1.54) is 18.2 Å². The lowest BCUT2D eigenvalue weighted by atomic mass is 10.1. The Bertz CT molecular complexity index is 1650. The minimum Gasteiger partial charge on any atom is -0.457 e. The van der Waals surface area contributed by atoms with Crippen molar-refractivity contribution in [3.05, 3.63) is 114 Å². The van der Waals surface area contributed by atoms with Gasteiger partial charge in [0, 0.05) is 6.42 Å². The van der Waals surface area contributed by atoms with Crippen molar-refractivity contribution in [1.29, 1.82) is 0 Å². The van der Waals surface area contributed by atoms with Crippen molar-refractivity contribution in [3.8, 4) is 11.5 Å². The van der Waals surface area contributed by atoms with E-state index >= 15 is 0 Å². The number of rotatable bonds is 7. The Morgan fingerprint density at radius 3 is 2.24 bits per heavy atom. The molecule has 0 aliphatic carbocycles. The summed E-state index contributed by atoms with van der Waals surface area (Å²) in [6.07, 6.45) is -4.32. The molecule has 4 aromatic carbocycles. The number of aromatic nitrogens is 2. The molecule has 0 amide bonds. The number of halogens is 3. The number of ether oxygens (including phenoxy) is 1. The summed E-state index contributed by atoms with van der Waals surface area (Å²) in [6.45, 7) is 0. The van der Waals surface area contributed by atoms with Crippen LogP contribution >= 0.6 is 0 Å². The number of nitrogens with zero attached hydrogens (tertiary/aromatic N) is 1. The summed E-state index contributed by atoms with van der Waals surface area (Å²) in [5, 5.41) is 0. The first-order valence-electron chi connectivity index (χ1n) is 11.2. The second kappa shape index (κ2) is 9.62. The molecule has 1 aromatic heterocycles. The van der Waals surface area contributed by atoms with Crippen LogP contribution < -0.4 is 9.46 Å². The molecule has 0 unspecified atom stereocenters. The van der Waals surface area contributed by atoms with E-state index in [4.69, 9.17) is 4.74 Å². The Balaban J connectivity index is 1.32. The molecule has 5 aromatic rings. The van der Waals surface area contributed by atoms with E-state index < -0.39 is 26.7 Å². The third kappa shape index (κ3) is 5.59. The molecule has 0 spiro atoms. The van der Waals surface area contributed by atoms with Crippen LogP contribution in [0.4, 0.5) is 18.9 Å². The van der Waals surface area contributed by atoms with Gasteiger partial charge in [-0.15, -0.1) is 0 Å². The van der Waals surface area contributed by atoms with Crippen molar-refractivity contribution in [2.75, 3.05) is 4.72 Å². The SMILES string of the molecule is O=S(=O)(Nc1ccc2nc(Cc3ccc(Oc4ccccc4)cc3)[nH]c2c1)c1ccccc1C(F)(F)F. The predicted octanol–water partition coefficient (Wildman–Crippen LogP) is 6.77. The maximum Gasteiger partial charge on any atom is 0.417 e. The van der Waals surface area contributed by atoms with Gasteiger partial charge in [-0.05, 0) is 60.2 Å². The summed E-state index contributed by atoms with van der Waals surface area (Å²) >= 11 is 0. The number of fused-ring (bicyclic) bond motifs is 1. The summed E-state index contributed by atoms with van der Waals surface area (Å²) in [5.74, 6) is 2.08. The third-order valence-corrected chi connectivity index (χ3v) is 6.98. The van der Waals surface area contributed by atoms with Crippen LogP contribution in [-0.2, 0) is 22.6 Å². The van der Waals surface area contributed by atoms with Gasteiger partial charge in [0.05, 0.1) is 27.2 Å². The molecule has 0 fully saturated rings. The summed E-state index contributed by atoms with van der Waals surface area (Å²) in [4.78, 5) is 6.83. The molecule has 2 N–H and O–H groups in total. The van der Waals surface area contributed by atoms with E-state index in [1.807, 2.05) is 54.6 Å². The zero-order chi connectivity index (χ0) is 26.0. The van der Waals surface area contributed by atoms with Gasteiger partial charge in [0.25, 0.3) is 10.0 Å². The van der Waals surface area contributed by atoms with Crippen LogP contribution in [0.5, 0.6) is 11.5 Å². The highest BCUT2D eigenvalue weighted by atomic mass is 32.2. The Morgan fingerprint density at radius 1 is 0.838 bits per heavy atom. The molecule has 37 heavy (non-hydrogen) atoms. The molecular formula is C27H20F3N3O3S. The predicted molar refractivity (Wildman–Crippen MR) is 134 cm³/mol. The van der Waals surface area contributed by atoms with Crippen LogP contribution in [-0.4, -0.2) is 18.4 Å². The quantitative estimate of drug-likeness (QED) is 0.247. The fourth-order valence-electron chi connectivity index (χ4n) is 3.85. The van der Waals surface area contributed by atoms with Crippen LogP contribution in [0.1, 0.15) is 17.0 Å². The van der Waals surface area contributed by atoms with Gasteiger partial charge in [-0.2, -0.15) is 13.2 Å². The number of anilines is 1. The minimum atomic E-state index is -4.81. The van der Waals surface area contributed by atoms with Crippen LogP contribution in [0.3, 0.4) is 0 Å². The number of H-pyrrole nitrogens is 1. The molecule has 1 heterocycles. The number of sulfonamides is 1. The highest BCUT2D eigenvalue weighted by molar-refractivity contribution is 7.92. The van der Waals surface area contributed by atoms with Gasteiger partial charge in [-0.1, -0.05) is 42.5 Å². The lowest BCUT2D eigenvalue weighted by Crippen LogP contribution is -2.18. The van der Waals surface area contributed by atoms with Gasteiger partial charge >= 0.3 is 6.18 Å². The first kappa shape index (κ1) is 24.4. The first-order valence-corrected chi connectivity index (χ1v) is 12.7. The molecule has 10 heteroatoms. The summed E-state index contributed by atoms with van der Waals surface area (Å²) in [7, 11) is -4.48. The molecule has 0 atom stereocenters. The average Bonchev–Trinajstić information content (AvgIpc) is 3.27. The Morgan fingerprint density at radius 2 is 1.51 bits per heavy atom. The first-order chi connectivity index (χ1) is 17.7. The van der Waals surface area contributed by atoms with E-state index in [0.717, 1.165) is 29.5 Å². The Labute approximate surface area is 210 Å². The average molecular weight is 524 g/mol. The van der Waals surface area contributed by atoms with Crippen LogP contribution in [0.25, 0.3) is 11.0 Å². The van der Waals surface area contributed by atoms with Crippen molar-refractivity contribution in [1.82, 2.24) is 9.97 Å². The lowest BCUT2D eigenvalue weighted by Gasteiger charge is -2.14.